The predicted octanol–water partition coefficient (Wildman–Crippen LogP) is 2.88. The molecular formula is C21H37IN4O2. The van der Waals surface area contributed by atoms with Crippen molar-refractivity contribution in [1.29, 1.82) is 0 Å². The van der Waals surface area contributed by atoms with Crippen LogP contribution in [0.3, 0.4) is 0 Å². The molecule has 1 aliphatic rings. The van der Waals surface area contributed by atoms with E-state index in [4.69, 9.17) is 14.5 Å². The van der Waals surface area contributed by atoms with Crippen LogP contribution in [0, 0.1) is 0 Å². The molecule has 0 saturated carbocycles. The summed E-state index contributed by atoms with van der Waals surface area (Å²) in [5, 5.41) is 6.76. The number of hydrogen-bond donors (Lipinski definition) is 2. The maximum atomic E-state index is 5.73. The van der Waals surface area contributed by atoms with E-state index in [1.165, 1.54) is 5.56 Å². The van der Waals surface area contributed by atoms with Gasteiger partial charge in [0.05, 0.1) is 26.4 Å². The van der Waals surface area contributed by atoms with Crippen molar-refractivity contribution >= 4 is 29.9 Å². The number of ether oxygens (including phenoxy) is 2. The van der Waals surface area contributed by atoms with E-state index < -0.39 is 0 Å². The van der Waals surface area contributed by atoms with Crippen molar-refractivity contribution < 1.29 is 9.47 Å². The second-order valence-electron chi connectivity index (χ2n) is 6.89. The van der Waals surface area contributed by atoms with Crippen LogP contribution in [0.1, 0.15) is 32.3 Å². The molecule has 28 heavy (non-hydrogen) atoms. The van der Waals surface area contributed by atoms with Gasteiger partial charge in [0.25, 0.3) is 0 Å². The summed E-state index contributed by atoms with van der Waals surface area (Å²) < 4.78 is 11.2. The van der Waals surface area contributed by atoms with E-state index in [9.17, 15) is 0 Å². The lowest BCUT2D eigenvalue weighted by molar-refractivity contribution is 0.0220. The molecule has 0 aliphatic carbocycles. The van der Waals surface area contributed by atoms with E-state index in [1.54, 1.807) is 0 Å². The van der Waals surface area contributed by atoms with Crippen LogP contribution in [0.4, 0.5) is 0 Å². The first-order valence-electron chi connectivity index (χ1n) is 10.2. The molecule has 1 aliphatic heterocycles. The molecule has 0 spiro atoms. The van der Waals surface area contributed by atoms with E-state index in [2.05, 4.69) is 41.5 Å². The third-order valence-corrected chi connectivity index (χ3v) is 4.65. The fourth-order valence-corrected chi connectivity index (χ4v) is 3.00. The van der Waals surface area contributed by atoms with Crippen LogP contribution in [-0.4, -0.2) is 69.4 Å². The third-order valence-electron chi connectivity index (χ3n) is 4.65. The first-order valence-corrected chi connectivity index (χ1v) is 10.2. The summed E-state index contributed by atoms with van der Waals surface area (Å²) in [5.41, 5.74) is 1.23. The van der Waals surface area contributed by atoms with Gasteiger partial charge in [0.15, 0.2) is 5.96 Å². The summed E-state index contributed by atoms with van der Waals surface area (Å²) >= 11 is 0. The zero-order chi connectivity index (χ0) is 19.2. The first-order chi connectivity index (χ1) is 13.3. The van der Waals surface area contributed by atoms with Crippen molar-refractivity contribution in [3.05, 3.63) is 35.9 Å². The molecule has 1 heterocycles. The molecule has 2 N–H and O–H groups in total. The molecule has 1 unspecified atom stereocenters. The van der Waals surface area contributed by atoms with Crippen molar-refractivity contribution in [3.8, 4) is 0 Å². The van der Waals surface area contributed by atoms with Crippen LogP contribution >= 0.6 is 24.0 Å². The van der Waals surface area contributed by atoms with Gasteiger partial charge in [-0.25, -0.2) is 0 Å². The van der Waals surface area contributed by atoms with Crippen molar-refractivity contribution in [3.63, 3.8) is 0 Å². The predicted molar refractivity (Wildman–Crippen MR) is 127 cm³/mol. The lowest BCUT2D eigenvalue weighted by Crippen LogP contribution is -2.44. The fourth-order valence-electron chi connectivity index (χ4n) is 3.00. The van der Waals surface area contributed by atoms with Crippen LogP contribution in [-0.2, 0) is 16.1 Å². The second-order valence-corrected chi connectivity index (χ2v) is 6.89. The molecule has 0 radical (unpaired) electrons. The van der Waals surface area contributed by atoms with Crippen LogP contribution in [0.25, 0.3) is 0 Å². The lowest BCUT2D eigenvalue weighted by Gasteiger charge is -2.31. The maximum Gasteiger partial charge on any atom is 0.191 e. The Labute approximate surface area is 187 Å². The average molecular weight is 504 g/mol. The minimum atomic E-state index is 0. The van der Waals surface area contributed by atoms with Crippen molar-refractivity contribution in [2.24, 2.45) is 4.99 Å². The van der Waals surface area contributed by atoms with Crippen LogP contribution in [0.5, 0.6) is 0 Å². The molecule has 0 amide bonds. The maximum absolute atomic E-state index is 5.73. The number of morpholine rings is 1. The standard InChI is InChI=1S/C21H36N4O2.HI/c1-3-22-21(24-17-19(2)25-12-15-26-16-13-25)23-11-7-8-14-27-18-20-9-5-4-6-10-20;/h4-6,9-10,19H,3,7-8,11-18H2,1-2H3,(H2,22,23,24);1H. The van der Waals surface area contributed by atoms with Gasteiger partial charge >= 0.3 is 0 Å². The summed E-state index contributed by atoms with van der Waals surface area (Å²) in [6, 6.07) is 10.8. The number of nitrogens with zero attached hydrogens (tertiary/aromatic N) is 2. The van der Waals surface area contributed by atoms with E-state index >= 15 is 0 Å². The molecular weight excluding hydrogens is 467 g/mol. The third kappa shape index (κ3) is 10.6. The molecule has 2 rings (SSSR count). The number of halogens is 1. The Morgan fingerprint density at radius 1 is 1.18 bits per heavy atom. The van der Waals surface area contributed by atoms with E-state index in [0.717, 1.165) is 71.3 Å². The Balaban J connectivity index is 0.00000392. The Bertz CT molecular complexity index is 524. The number of nitrogens with one attached hydrogen (secondary N) is 2. The van der Waals surface area contributed by atoms with Crippen molar-refractivity contribution in [1.82, 2.24) is 15.5 Å². The SMILES string of the molecule is CCNC(=NCC(C)N1CCOCC1)NCCCCOCc1ccccc1.I. The Morgan fingerprint density at radius 2 is 1.93 bits per heavy atom. The summed E-state index contributed by atoms with van der Waals surface area (Å²) in [7, 11) is 0. The van der Waals surface area contributed by atoms with Crippen LogP contribution in [0.15, 0.2) is 35.3 Å². The topological polar surface area (TPSA) is 58.1 Å². The van der Waals surface area contributed by atoms with Gasteiger partial charge in [-0.2, -0.15) is 0 Å². The summed E-state index contributed by atoms with van der Waals surface area (Å²) in [6.45, 7) is 12.1. The molecule has 1 fully saturated rings. The molecule has 1 aromatic carbocycles. The largest absolute Gasteiger partial charge is 0.379 e. The zero-order valence-corrected chi connectivity index (χ0v) is 19.7. The van der Waals surface area contributed by atoms with Crippen molar-refractivity contribution in [2.75, 3.05) is 52.5 Å². The van der Waals surface area contributed by atoms with Gasteiger partial charge in [-0.15, -0.1) is 24.0 Å². The number of hydrogen-bond acceptors (Lipinski definition) is 4. The molecule has 6 nitrogen and oxygen atoms in total. The number of guanidine groups is 1. The fraction of sp³-hybridized carbons (Fsp3) is 0.667. The van der Waals surface area contributed by atoms with Gasteiger partial charge < -0.3 is 20.1 Å². The number of unbranched alkanes of at least 4 members (excludes halogenated alkanes) is 1. The smallest absolute Gasteiger partial charge is 0.191 e. The summed E-state index contributed by atoms with van der Waals surface area (Å²) in [4.78, 5) is 7.19. The van der Waals surface area contributed by atoms with Crippen molar-refractivity contribution in [2.45, 2.75) is 39.3 Å². The van der Waals surface area contributed by atoms with Gasteiger partial charge in [-0.3, -0.25) is 9.89 Å². The highest BCUT2D eigenvalue weighted by atomic mass is 127. The lowest BCUT2D eigenvalue weighted by atomic mass is 10.2. The highest BCUT2D eigenvalue weighted by Crippen LogP contribution is 2.04. The van der Waals surface area contributed by atoms with E-state index in [0.29, 0.717) is 12.6 Å². The molecule has 0 aromatic heterocycles. The van der Waals surface area contributed by atoms with Gasteiger partial charge in [0.1, 0.15) is 0 Å². The summed E-state index contributed by atoms with van der Waals surface area (Å²) in [5.74, 6) is 0.905. The quantitative estimate of drug-likeness (QED) is 0.210. The van der Waals surface area contributed by atoms with Gasteiger partial charge in [0.2, 0.25) is 0 Å². The molecule has 1 atom stereocenters. The normalized spacial score (nSPS) is 16.3. The number of aliphatic imine (C=N–C) groups is 1. The molecule has 7 heteroatoms. The highest BCUT2D eigenvalue weighted by molar-refractivity contribution is 14.0. The first kappa shape index (κ1) is 25.1. The number of benzene rings is 1. The van der Waals surface area contributed by atoms with E-state index in [-0.39, 0.29) is 24.0 Å². The molecule has 160 valence electrons. The van der Waals surface area contributed by atoms with Crippen LogP contribution in [0.2, 0.25) is 0 Å². The van der Waals surface area contributed by atoms with Gasteiger partial charge in [-0.05, 0) is 32.3 Å². The average Bonchev–Trinajstić information content (AvgIpc) is 2.72. The Kier molecular flexibility index (Phi) is 14.3. The zero-order valence-electron chi connectivity index (χ0n) is 17.4. The summed E-state index contributed by atoms with van der Waals surface area (Å²) in [6.07, 6.45) is 2.11. The Hall–Kier alpha value is -0.900. The second kappa shape index (κ2) is 16.0. The highest BCUT2D eigenvalue weighted by Gasteiger charge is 2.16. The van der Waals surface area contributed by atoms with Crippen LogP contribution < -0.4 is 10.6 Å². The molecule has 1 saturated heterocycles. The molecule has 0 bridgehead atoms. The minimum absolute atomic E-state index is 0. The minimum Gasteiger partial charge on any atom is -0.379 e. The number of rotatable bonds is 11. The monoisotopic (exact) mass is 504 g/mol. The van der Waals surface area contributed by atoms with Gasteiger partial charge in [0, 0.05) is 38.8 Å². The van der Waals surface area contributed by atoms with E-state index in [1.807, 2.05) is 18.2 Å². The Morgan fingerprint density at radius 3 is 2.64 bits per heavy atom. The van der Waals surface area contributed by atoms with Gasteiger partial charge in [-0.1, -0.05) is 30.3 Å². The molecule has 1 aromatic rings.